The monoisotopic (exact) mass is 255 g/mol. The first-order chi connectivity index (χ1) is 7.93. The Bertz CT molecular complexity index is 270. The van der Waals surface area contributed by atoms with E-state index >= 15 is 0 Å². The van der Waals surface area contributed by atoms with Crippen molar-refractivity contribution in [2.75, 3.05) is 6.54 Å². The van der Waals surface area contributed by atoms with Crippen LogP contribution in [0.1, 0.15) is 73.1 Å². The van der Waals surface area contributed by atoms with Crippen LogP contribution in [0.4, 0.5) is 0 Å². The smallest absolute Gasteiger partial charge is 0.0741 e. The summed E-state index contributed by atoms with van der Waals surface area (Å²) >= 11 is 2.01. The van der Waals surface area contributed by atoms with E-state index in [9.17, 15) is 0 Å². The van der Waals surface area contributed by atoms with E-state index in [-0.39, 0.29) is 0 Å². The van der Waals surface area contributed by atoms with Gasteiger partial charge in [0.1, 0.15) is 0 Å². The molecule has 1 aliphatic rings. The standard InChI is InChI=1S/C15H29NS/c1-6-8-9-10-11-15(5,7-2)13-16-12-14(3,4)17-13/h6-12H2,1-5H3. The molecule has 1 heterocycles. The van der Waals surface area contributed by atoms with Crippen molar-refractivity contribution in [2.24, 2.45) is 10.4 Å². The van der Waals surface area contributed by atoms with E-state index in [0.717, 1.165) is 6.54 Å². The lowest BCUT2D eigenvalue weighted by atomic mass is 9.83. The number of unbranched alkanes of at least 4 members (excludes halogenated alkanes) is 3. The van der Waals surface area contributed by atoms with E-state index in [2.05, 4.69) is 34.6 Å². The maximum absolute atomic E-state index is 4.81. The number of hydrogen-bond acceptors (Lipinski definition) is 2. The molecular weight excluding hydrogens is 226 g/mol. The minimum atomic E-state index is 0.329. The van der Waals surface area contributed by atoms with Gasteiger partial charge in [0.05, 0.1) is 11.6 Å². The summed E-state index contributed by atoms with van der Waals surface area (Å²) < 4.78 is 0.329. The van der Waals surface area contributed by atoms with Gasteiger partial charge >= 0.3 is 0 Å². The zero-order chi connectivity index (χ0) is 12.9. The number of thioether (sulfide) groups is 1. The van der Waals surface area contributed by atoms with Gasteiger partial charge in [-0.3, -0.25) is 4.99 Å². The van der Waals surface area contributed by atoms with E-state index in [0.29, 0.717) is 10.2 Å². The lowest BCUT2D eigenvalue weighted by Gasteiger charge is -2.29. The maximum Gasteiger partial charge on any atom is 0.0741 e. The first-order valence-corrected chi connectivity index (χ1v) is 7.99. The van der Waals surface area contributed by atoms with Crippen molar-refractivity contribution >= 4 is 16.8 Å². The minimum absolute atomic E-state index is 0.329. The molecule has 0 amide bonds. The van der Waals surface area contributed by atoms with Crippen LogP contribution >= 0.6 is 11.8 Å². The summed E-state index contributed by atoms with van der Waals surface area (Å²) in [5.74, 6) is 0. The van der Waals surface area contributed by atoms with E-state index in [1.165, 1.54) is 43.6 Å². The van der Waals surface area contributed by atoms with E-state index in [1.807, 2.05) is 11.8 Å². The maximum atomic E-state index is 4.81. The molecule has 1 rings (SSSR count). The summed E-state index contributed by atoms with van der Waals surface area (Å²) in [6.45, 7) is 12.6. The van der Waals surface area contributed by atoms with Crippen molar-refractivity contribution in [3.8, 4) is 0 Å². The van der Waals surface area contributed by atoms with Crippen LogP contribution in [-0.4, -0.2) is 16.3 Å². The van der Waals surface area contributed by atoms with Gasteiger partial charge in [-0.15, -0.1) is 11.8 Å². The van der Waals surface area contributed by atoms with Gasteiger partial charge < -0.3 is 0 Å². The molecule has 0 saturated heterocycles. The summed E-state index contributed by atoms with van der Waals surface area (Å²) in [5.41, 5.74) is 0.339. The molecular formula is C15H29NS. The molecule has 1 aliphatic heterocycles. The quantitative estimate of drug-likeness (QED) is 0.562. The van der Waals surface area contributed by atoms with Gasteiger partial charge in [0.2, 0.25) is 0 Å². The summed E-state index contributed by atoms with van der Waals surface area (Å²) in [5, 5.41) is 1.42. The third-order valence-electron chi connectivity index (χ3n) is 3.86. The Morgan fingerprint density at radius 1 is 1.24 bits per heavy atom. The van der Waals surface area contributed by atoms with Crippen LogP contribution in [0.2, 0.25) is 0 Å². The molecule has 1 unspecified atom stereocenters. The van der Waals surface area contributed by atoms with Crippen molar-refractivity contribution < 1.29 is 0 Å². The fourth-order valence-corrected chi connectivity index (χ4v) is 3.55. The fourth-order valence-electron chi connectivity index (χ4n) is 2.28. The van der Waals surface area contributed by atoms with Gasteiger partial charge in [-0.2, -0.15) is 0 Å². The Labute approximate surface area is 112 Å². The van der Waals surface area contributed by atoms with Crippen molar-refractivity contribution in [3.63, 3.8) is 0 Å². The van der Waals surface area contributed by atoms with Crippen LogP contribution < -0.4 is 0 Å². The van der Waals surface area contributed by atoms with Crippen LogP contribution in [0.15, 0.2) is 4.99 Å². The Morgan fingerprint density at radius 3 is 2.41 bits per heavy atom. The molecule has 0 aliphatic carbocycles. The summed E-state index contributed by atoms with van der Waals surface area (Å²) in [4.78, 5) is 4.81. The molecule has 0 radical (unpaired) electrons. The van der Waals surface area contributed by atoms with Crippen molar-refractivity contribution in [2.45, 2.75) is 77.9 Å². The fraction of sp³-hybridized carbons (Fsp3) is 0.933. The third kappa shape index (κ3) is 4.31. The van der Waals surface area contributed by atoms with Crippen LogP contribution in [0.25, 0.3) is 0 Å². The van der Waals surface area contributed by atoms with Crippen LogP contribution in [0.5, 0.6) is 0 Å². The molecule has 0 N–H and O–H groups in total. The molecule has 1 nitrogen and oxygen atoms in total. The first-order valence-electron chi connectivity index (χ1n) is 7.17. The van der Waals surface area contributed by atoms with Gasteiger partial charge in [-0.05, 0) is 26.7 Å². The zero-order valence-corrected chi connectivity index (χ0v) is 13.1. The number of nitrogens with zero attached hydrogens (tertiary/aromatic N) is 1. The average molecular weight is 255 g/mol. The molecule has 0 saturated carbocycles. The summed E-state index contributed by atoms with van der Waals surface area (Å²) in [7, 11) is 0. The molecule has 0 spiro atoms. The highest BCUT2D eigenvalue weighted by Crippen LogP contribution is 2.43. The first kappa shape index (κ1) is 15.1. The van der Waals surface area contributed by atoms with Crippen molar-refractivity contribution in [1.29, 1.82) is 0 Å². The van der Waals surface area contributed by atoms with E-state index < -0.39 is 0 Å². The second-order valence-corrected chi connectivity index (χ2v) is 7.90. The lowest BCUT2D eigenvalue weighted by Crippen LogP contribution is -2.25. The van der Waals surface area contributed by atoms with Crippen molar-refractivity contribution in [3.05, 3.63) is 0 Å². The molecule has 2 heteroatoms. The second-order valence-electron chi connectivity index (χ2n) is 6.21. The third-order valence-corrected chi connectivity index (χ3v) is 5.35. The van der Waals surface area contributed by atoms with Gasteiger partial charge in [0, 0.05) is 10.2 Å². The molecule has 0 aromatic carbocycles. The molecule has 0 aromatic heterocycles. The largest absolute Gasteiger partial charge is 0.281 e. The number of aliphatic imine (C=N–C) groups is 1. The predicted octanol–water partition coefficient (Wildman–Crippen LogP) is 5.30. The average Bonchev–Trinajstić information content (AvgIpc) is 2.65. The predicted molar refractivity (Wildman–Crippen MR) is 81.1 cm³/mol. The Morgan fingerprint density at radius 2 is 1.94 bits per heavy atom. The Balaban J connectivity index is 2.51. The molecule has 17 heavy (non-hydrogen) atoms. The molecule has 0 bridgehead atoms. The molecule has 1 atom stereocenters. The SMILES string of the molecule is CCCCCCC(C)(CC)C1=NCC(C)(C)S1. The summed E-state index contributed by atoms with van der Waals surface area (Å²) in [6, 6.07) is 0. The lowest BCUT2D eigenvalue weighted by molar-refractivity contribution is 0.395. The van der Waals surface area contributed by atoms with Gasteiger partial charge in [-0.1, -0.05) is 46.5 Å². The molecule has 0 aromatic rings. The van der Waals surface area contributed by atoms with Gasteiger partial charge in [0.25, 0.3) is 0 Å². The van der Waals surface area contributed by atoms with Gasteiger partial charge in [-0.25, -0.2) is 0 Å². The number of hydrogen-bond donors (Lipinski definition) is 0. The minimum Gasteiger partial charge on any atom is -0.281 e. The zero-order valence-electron chi connectivity index (χ0n) is 12.3. The van der Waals surface area contributed by atoms with Crippen LogP contribution in [0.3, 0.4) is 0 Å². The Kier molecular flexibility index (Phi) is 5.56. The van der Waals surface area contributed by atoms with E-state index in [4.69, 9.17) is 4.99 Å². The highest BCUT2D eigenvalue weighted by molar-refractivity contribution is 8.15. The van der Waals surface area contributed by atoms with E-state index in [1.54, 1.807) is 0 Å². The topological polar surface area (TPSA) is 12.4 Å². The normalized spacial score (nSPS) is 22.3. The van der Waals surface area contributed by atoms with Crippen LogP contribution in [0, 0.1) is 5.41 Å². The van der Waals surface area contributed by atoms with Gasteiger partial charge in [0.15, 0.2) is 0 Å². The summed E-state index contributed by atoms with van der Waals surface area (Å²) in [6.07, 6.45) is 7.98. The Hall–Kier alpha value is 0.0200. The number of rotatable bonds is 7. The van der Waals surface area contributed by atoms with Crippen molar-refractivity contribution in [1.82, 2.24) is 0 Å². The van der Waals surface area contributed by atoms with Crippen LogP contribution in [-0.2, 0) is 0 Å². The highest BCUT2D eigenvalue weighted by atomic mass is 32.2. The molecule has 100 valence electrons. The molecule has 0 fully saturated rings. The second kappa shape index (κ2) is 6.26. The highest BCUT2D eigenvalue weighted by Gasteiger charge is 2.37.